The lowest BCUT2D eigenvalue weighted by atomic mass is 10.0. The molecule has 2 aliphatic rings. The highest BCUT2D eigenvalue weighted by Gasteiger charge is 2.45. The first kappa shape index (κ1) is 17.3. The number of halogens is 1. The van der Waals surface area contributed by atoms with E-state index in [2.05, 4.69) is 33.4 Å². The maximum Gasteiger partial charge on any atom is 0.251 e. The second-order valence-electron chi connectivity index (χ2n) is 7.04. The van der Waals surface area contributed by atoms with Gasteiger partial charge >= 0.3 is 0 Å². The topological polar surface area (TPSA) is 49.4 Å². The molecule has 1 N–H and O–H groups in total. The molecule has 1 aliphatic carbocycles. The lowest BCUT2D eigenvalue weighted by Crippen LogP contribution is -2.34. The molecule has 0 unspecified atom stereocenters. The van der Waals surface area contributed by atoms with Gasteiger partial charge in [-0.3, -0.25) is 9.59 Å². The van der Waals surface area contributed by atoms with Gasteiger partial charge in [-0.2, -0.15) is 0 Å². The second-order valence-corrected chi connectivity index (χ2v) is 7.95. The Morgan fingerprint density at radius 2 is 1.88 bits per heavy atom. The largest absolute Gasteiger partial charge is 0.343 e. The van der Waals surface area contributed by atoms with Crippen LogP contribution in [-0.4, -0.2) is 18.4 Å². The molecule has 26 heavy (non-hydrogen) atoms. The molecule has 1 saturated carbocycles. The van der Waals surface area contributed by atoms with E-state index in [9.17, 15) is 9.59 Å². The lowest BCUT2D eigenvalue weighted by Gasteiger charge is -2.19. The average Bonchev–Trinajstić information content (AvgIpc) is 3.30. The van der Waals surface area contributed by atoms with Crippen LogP contribution in [0.4, 0.5) is 5.69 Å². The Morgan fingerprint density at radius 1 is 1.15 bits per heavy atom. The van der Waals surface area contributed by atoms with E-state index >= 15 is 0 Å². The molecule has 0 bridgehead atoms. The van der Waals surface area contributed by atoms with Crippen molar-refractivity contribution in [1.29, 1.82) is 0 Å². The van der Waals surface area contributed by atoms with Gasteiger partial charge in [0, 0.05) is 28.7 Å². The zero-order valence-electron chi connectivity index (χ0n) is 14.7. The van der Waals surface area contributed by atoms with Gasteiger partial charge in [-0.25, -0.2) is 0 Å². The molecule has 0 saturated heterocycles. The van der Waals surface area contributed by atoms with Gasteiger partial charge in [0.15, 0.2) is 0 Å². The van der Waals surface area contributed by atoms with E-state index in [1.54, 1.807) is 0 Å². The van der Waals surface area contributed by atoms with E-state index in [0.717, 1.165) is 40.5 Å². The summed E-state index contributed by atoms with van der Waals surface area (Å²) in [7, 11) is 0. The monoisotopic (exact) mass is 412 g/mol. The normalized spacial score (nSPS) is 16.9. The molecule has 2 aromatic rings. The summed E-state index contributed by atoms with van der Waals surface area (Å²) in [6, 6.07) is 13.8. The SMILES string of the molecule is CCC(=O)N1CCc2cc(C(=O)NC3(c4ccc(Br)cc4)CC3)ccc21. The van der Waals surface area contributed by atoms with Crippen molar-refractivity contribution in [3.8, 4) is 0 Å². The second kappa shape index (κ2) is 6.54. The van der Waals surface area contributed by atoms with Crippen LogP contribution in [0.25, 0.3) is 0 Å². The van der Waals surface area contributed by atoms with Gasteiger partial charge in [0.1, 0.15) is 0 Å². The molecule has 134 valence electrons. The van der Waals surface area contributed by atoms with E-state index in [4.69, 9.17) is 0 Å². The Labute approximate surface area is 161 Å². The molecule has 1 heterocycles. The van der Waals surface area contributed by atoms with Gasteiger partial charge in [0.05, 0.1) is 5.54 Å². The van der Waals surface area contributed by atoms with Crippen LogP contribution >= 0.6 is 15.9 Å². The molecule has 4 rings (SSSR count). The van der Waals surface area contributed by atoms with Crippen molar-refractivity contribution in [3.05, 3.63) is 63.6 Å². The molecule has 2 aromatic carbocycles. The van der Waals surface area contributed by atoms with Crippen molar-refractivity contribution in [1.82, 2.24) is 5.32 Å². The number of hydrogen-bond donors (Lipinski definition) is 1. The van der Waals surface area contributed by atoms with Crippen LogP contribution in [0, 0.1) is 0 Å². The van der Waals surface area contributed by atoms with E-state index in [1.807, 2.05) is 42.2 Å². The summed E-state index contributed by atoms with van der Waals surface area (Å²) in [5.41, 5.74) is 3.60. The maximum absolute atomic E-state index is 12.8. The highest BCUT2D eigenvalue weighted by molar-refractivity contribution is 9.10. The van der Waals surface area contributed by atoms with Crippen molar-refractivity contribution < 1.29 is 9.59 Å². The van der Waals surface area contributed by atoms with Gasteiger partial charge in [-0.1, -0.05) is 35.0 Å². The van der Waals surface area contributed by atoms with Crippen LogP contribution in [0.15, 0.2) is 46.9 Å². The van der Waals surface area contributed by atoms with Crippen LogP contribution in [-0.2, 0) is 16.8 Å². The van der Waals surface area contributed by atoms with Crippen molar-refractivity contribution in [2.75, 3.05) is 11.4 Å². The number of rotatable bonds is 4. The molecule has 1 fully saturated rings. The first-order valence-corrected chi connectivity index (χ1v) is 9.83. The number of nitrogens with zero attached hydrogens (tertiary/aromatic N) is 1. The third-order valence-electron chi connectivity index (χ3n) is 5.34. The van der Waals surface area contributed by atoms with Crippen molar-refractivity contribution in [3.63, 3.8) is 0 Å². The zero-order valence-corrected chi connectivity index (χ0v) is 16.3. The van der Waals surface area contributed by atoms with Crippen molar-refractivity contribution in [2.24, 2.45) is 0 Å². The number of anilines is 1. The molecule has 5 heteroatoms. The smallest absolute Gasteiger partial charge is 0.251 e. The van der Waals surface area contributed by atoms with Crippen LogP contribution in [0.5, 0.6) is 0 Å². The predicted octanol–water partition coefficient (Wildman–Crippen LogP) is 4.17. The highest BCUT2D eigenvalue weighted by Crippen LogP contribution is 2.46. The molecular weight excluding hydrogens is 392 g/mol. The third-order valence-corrected chi connectivity index (χ3v) is 5.87. The summed E-state index contributed by atoms with van der Waals surface area (Å²) < 4.78 is 1.04. The number of carbonyl (C=O) groups is 2. The fraction of sp³-hybridized carbons (Fsp3) is 0.333. The van der Waals surface area contributed by atoms with Crippen LogP contribution in [0.3, 0.4) is 0 Å². The number of amides is 2. The lowest BCUT2D eigenvalue weighted by molar-refractivity contribution is -0.118. The minimum Gasteiger partial charge on any atom is -0.343 e. The Bertz CT molecular complexity index is 872. The summed E-state index contributed by atoms with van der Waals surface area (Å²) in [5.74, 6) is 0.0848. The molecule has 0 spiro atoms. The van der Waals surface area contributed by atoms with E-state index in [0.29, 0.717) is 18.5 Å². The third kappa shape index (κ3) is 3.05. The minimum absolute atomic E-state index is 0.0477. The van der Waals surface area contributed by atoms with E-state index in [-0.39, 0.29) is 17.4 Å². The van der Waals surface area contributed by atoms with Crippen LogP contribution < -0.4 is 10.2 Å². The molecule has 4 nitrogen and oxygen atoms in total. The number of carbonyl (C=O) groups excluding carboxylic acids is 2. The fourth-order valence-electron chi connectivity index (χ4n) is 3.66. The highest BCUT2D eigenvalue weighted by atomic mass is 79.9. The Morgan fingerprint density at radius 3 is 2.54 bits per heavy atom. The minimum atomic E-state index is -0.235. The fourth-order valence-corrected chi connectivity index (χ4v) is 3.93. The Hall–Kier alpha value is -2.14. The molecule has 1 aliphatic heterocycles. The van der Waals surface area contributed by atoms with Gasteiger partial charge in [-0.05, 0) is 60.7 Å². The molecule has 0 aromatic heterocycles. The molecular formula is C21H21BrN2O2. The van der Waals surface area contributed by atoms with Crippen molar-refractivity contribution >= 4 is 33.4 Å². The quantitative estimate of drug-likeness (QED) is 0.818. The summed E-state index contributed by atoms with van der Waals surface area (Å²) in [4.78, 5) is 26.6. The molecule has 0 atom stereocenters. The van der Waals surface area contributed by atoms with E-state index in [1.165, 1.54) is 0 Å². The average molecular weight is 413 g/mol. The maximum atomic E-state index is 12.8. The Balaban J connectivity index is 1.53. The first-order chi connectivity index (χ1) is 12.5. The number of hydrogen-bond acceptors (Lipinski definition) is 2. The summed E-state index contributed by atoms with van der Waals surface area (Å²) in [5, 5.41) is 3.22. The predicted molar refractivity (Wildman–Crippen MR) is 105 cm³/mol. The molecule has 0 radical (unpaired) electrons. The summed E-state index contributed by atoms with van der Waals surface area (Å²) in [6.45, 7) is 2.58. The Kier molecular flexibility index (Phi) is 4.35. The standard InChI is InChI=1S/C21H21BrN2O2/c1-2-19(25)24-12-9-14-13-15(3-8-18(14)24)20(26)23-21(10-11-21)16-4-6-17(22)7-5-16/h3-8,13H,2,9-12H2,1H3,(H,23,26). The number of fused-ring (bicyclic) bond motifs is 1. The number of benzene rings is 2. The van der Waals surface area contributed by atoms with Crippen molar-refractivity contribution in [2.45, 2.75) is 38.1 Å². The zero-order chi connectivity index (χ0) is 18.3. The summed E-state index contributed by atoms with van der Waals surface area (Å²) in [6.07, 6.45) is 3.23. The van der Waals surface area contributed by atoms with Crippen LogP contribution in [0.1, 0.15) is 47.7 Å². The summed E-state index contributed by atoms with van der Waals surface area (Å²) >= 11 is 3.45. The van der Waals surface area contributed by atoms with Gasteiger partial charge < -0.3 is 10.2 Å². The van der Waals surface area contributed by atoms with Gasteiger partial charge in [0.25, 0.3) is 5.91 Å². The van der Waals surface area contributed by atoms with Crippen LogP contribution in [0.2, 0.25) is 0 Å². The van der Waals surface area contributed by atoms with Gasteiger partial charge in [0.2, 0.25) is 5.91 Å². The van der Waals surface area contributed by atoms with E-state index < -0.39 is 0 Å². The number of nitrogens with one attached hydrogen (secondary N) is 1. The molecule has 2 amide bonds. The van der Waals surface area contributed by atoms with Gasteiger partial charge in [-0.15, -0.1) is 0 Å². The first-order valence-electron chi connectivity index (χ1n) is 9.04.